The van der Waals surface area contributed by atoms with Gasteiger partial charge in [0.1, 0.15) is 6.10 Å². The van der Waals surface area contributed by atoms with Crippen LogP contribution in [0.2, 0.25) is 0 Å². The zero-order valence-electron chi connectivity index (χ0n) is 14.5. The summed E-state index contributed by atoms with van der Waals surface area (Å²) in [6.07, 6.45) is 1.17. The third-order valence-electron chi connectivity index (χ3n) is 4.50. The summed E-state index contributed by atoms with van der Waals surface area (Å²) in [7, 11) is -3.61. The molecule has 1 atom stereocenters. The normalized spacial score (nSPS) is 24.2. The number of benzene rings is 1. The quantitative estimate of drug-likeness (QED) is 0.873. The molecule has 0 aromatic heterocycles. The van der Waals surface area contributed by atoms with Crippen molar-refractivity contribution in [1.82, 2.24) is 4.31 Å². The number of ether oxygens (including phenoxy) is 2. The van der Waals surface area contributed by atoms with Crippen LogP contribution < -0.4 is 5.32 Å². The average Bonchev–Trinajstić information content (AvgIpc) is 3.09. The number of carbonyl (C=O) groups excluding carboxylic acids is 1. The van der Waals surface area contributed by atoms with Gasteiger partial charge in [-0.2, -0.15) is 4.31 Å². The van der Waals surface area contributed by atoms with E-state index in [9.17, 15) is 13.2 Å². The third-order valence-corrected chi connectivity index (χ3v) is 6.63. The molecule has 7 nitrogen and oxygen atoms in total. The van der Waals surface area contributed by atoms with Gasteiger partial charge in [0, 0.05) is 18.8 Å². The van der Waals surface area contributed by atoms with E-state index in [0.717, 1.165) is 6.42 Å². The summed E-state index contributed by atoms with van der Waals surface area (Å²) in [5, 5.41) is 2.77. The van der Waals surface area contributed by atoms with E-state index in [1.807, 2.05) is 13.8 Å². The number of rotatable bonds is 4. The summed E-state index contributed by atoms with van der Waals surface area (Å²) in [6.45, 7) is 5.37. The van der Waals surface area contributed by atoms with Crippen molar-refractivity contribution in [3.63, 3.8) is 0 Å². The maximum Gasteiger partial charge on any atom is 0.253 e. The van der Waals surface area contributed by atoms with Crippen LogP contribution in [0.3, 0.4) is 0 Å². The van der Waals surface area contributed by atoms with Crippen LogP contribution in [0.5, 0.6) is 0 Å². The average molecular weight is 368 g/mol. The van der Waals surface area contributed by atoms with Crippen molar-refractivity contribution >= 4 is 21.6 Å². The summed E-state index contributed by atoms with van der Waals surface area (Å²) in [5.41, 5.74) is -0.0373. The van der Waals surface area contributed by atoms with Gasteiger partial charge in [-0.1, -0.05) is 0 Å². The van der Waals surface area contributed by atoms with E-state index in [0.29, 0.717) is 38.5 Å². The molecule has 8 heteroatoms. The van der Waals surface area contributed by atoms with Gasteiger partial charge in [0.15, 0.2) is 0 Å². The van der Waals surface area contributed by atoms with Crippen LogP contribution in [0.15, 0.2) is 29.2 Å². The van der Waals surface area contributed by atoms with Crippen molar-refractivity contribution in [2.24, 2.45) is 0 Å². The molecule has 0 radical (unpaired) electrons. The van der Waals surface area contributed by atoms with Crippen molar-refractivity contribution < 1.29 is 22.7 Å². The Morgan fingerprint density at radius 3 is 2.56 bits per heavy atom. The number of hydrogen-bond donors (Lipinski definition) is 1. The molecule has 2 aliphatic rings. The molecule has 1 aromatic rings. The zero-order chi connectivity index (χ0) is 18.1. The fourth-order valence-electron chi connectivity index (χ4n) is 3.13. The number of carbonyl (C=O) groups is 1. The molecule has 3 rings (SSSR count). The number of nitrogens with one attached hydrogen (secondary N) is 1. The monoisotopic (exact) mass is 368 g/mol. The minimum atomic E-state index is -3.61. The minimum absolute atomic E-state index is 0.192. The van der Waals surface area contributed by atoms with E-state index in [1.54, 1.807) is 12.1 Å². The van der Waals surface area contributed by atoms with Crippen LogP contribution in [0.4, 0.5) is 5.69 Å². The number of sulfonamides is 1. The van der Waals surface area contributed by atoms with E-state index < -0.39 is 21.7 Å². The Hall–Kier alpha value is -1.48. The van der Waals surface area contributed by atoms with E-state index in [4.69, 9.17) is 9.47 Å². The molecule has 25 heavy (non-hydrogen) atoms. The Bertz CT molecular complexity index is 724. The molecule has 0 bridgehead atoms. The predicted octanol–water partition coefficient (Wildman–Crippen LogP) is 1.60. The fourth-order valence-corrected chi connectivity index (χ4v) is 4.89. The molecule has 1 unspecified atom stereocenters. The van der Waals surface area contributed by atoms with Gasteiger partial charge in [0.2, 0.25) is 10.0 Å². The first kappa shape index (κ1) is 18.3. The van der Waals surface area contributed by atoms with Crippen LogP contribution in [0, 0.1) is 0 Å². The Labute approximate surface area is 148 Å². The van der Waals surface area contributed by atoms with E-state index in [2.05, 4.69) is 5.32 Å². The van der Waals surface area contributed by atoms with Gasteiger partial charge in [-0.25, -0.2) is 8.42 Å². The summed E-state index contributed by atoms with van der Waals surface area (Å²) in [5.74, 6) is -0.192. The highest BCUT2D eigenvalue weighted by Crippen LogP contribution is 2.28. The van der Waals surface area contributed by atoms with Crippen molar-refractivity contribution in [3.8, 4) is 0 Å². The van der Waals surface area contributed by atoms with E-state index >= 15 is 0 Å². The second kappa shape index (κ2) is 7.03. The first-order chi connectivity index (χ1) is 11.8. The molecule has 0 aliphatic carbocycles. The smallest absolute Gasteiger partial charge is 0.253 e. The maximum absolute atomic E-state index is 12.9. The molecule has 1 amide bonds. The second-order valence-electron chi connectivity index (χ2n) is 6.96. The second-order valence-corrected chi connectivity index (χ2v) is 8.82. The summed E-state index contributed by atoms with van der Waals surface area (Å²) >= 11 is 0. The lowest BCUT2D eigenvalue weighted by molar-refractivity contribution is -0.124. The van der Waals surface area contributed by atoms with E-state index in [1.165, 1.54) is 16.4 Å². The first-order valence-corrected chi connectivity index (χ1v) is 9.88. The van der Waals surface area contributed by atoms with Gasteiger partial charge in [-0.05, 0) is 51.0 Å². The van der Waals surface area contributed by atoms with Crippen molar-refractivity contribution in [3.05, 3.63) is 24.3 Å². The van der Waals surface area contributed by atoms with Gasteiger partial charge < -0.3 is 14.8 Å². The summed E-state index contributed by atoms with van der Waals surface area (Å²) in [6, 6.07) is 6.25. The molecule has 2 heterocycles. The highest BCUT2D eigenvalue weighted by molar-refractivity contribution is 7.89. The van der Waals surface area contributed by atoms with Crippen molar-refractivity contribution in [2.45, 2.75) is 43.2 Å². The lowest BCUT2D eigenvalue weighted by Crippen LogP contribution is -2.55. The number of morpholine rings is 1. The molecular formula is C17H24N2O5S. The lowest BCUT2D eigenvalue weighted by atomic mass is 10.1. The van der Waals surface area contributed by atoms with Crippen LogP contribution in [-0.4, -0.2) is 56.6 Å². The number of nitrogens with zero attached hydrogens (tertiary/aromatic N) is 1. The highest BCUT2D eigenvalue weighted by Gasteiger charge is 2.39. The highest BCUT2D eigenvalue weighted by atomic mass is 32.2. The van der Waals surface area contributed by atoms with Crippen LogP contribution in [-0.2, 0) is 24.3 Å². The largest absolute Gasteiger partial charge is 0.378 e. The van der Waals surface area contributed by atoms with E-state index in [-0.39, 0.29) is 10.8 Å². The summed E-state index contributed by atoms with van der Waals surface area (Å²) in [4.78, 5) is 12.3. The first-order valence-electron chi connectivity index (χ1n) is 8.44. The van der Waals surface area contributed by atoms with Gasteiger partial charge in [0.25, 0.3) is 5.91 Å². The van der Waals surface area contributed by atoms with Crippen molar-refractivity contribution in [2.75, 3.05) is 31.7 Å². The van der Waals surface area contributed by atoms with Crippen LogP contribution in [0.1, 0.15) is 26.7 Å². The maximum atomic E-state index is 12.9. The zero-order valence-corrected chi connectivity index (χ0v) is 15.3. The Kier molecular flexibility index (Phi) is 5.15. The Balaban J connectivity index is 1.73. The van der Waals surface area contributed by atoms with Crippen molar-refractivity contribution in [1.29, 1.82) is 0 Å². The molecule has 2 aliphatic heterocycles. The minimum Gasteiger partial charge on any atom is -0.378 e. The lowest BCUT2D eigenvalue weighted by Gasteiger charge is -2.40. The van der Waals surface area contributed by atoms with Gasteiger partial charge >= 0.3 is 0 Å². The fraction of sp³-hybridized carbons (Fsp3) is 0.588. The molecular weight excluding hydrogens is 344 g/mol. The number of anilines is 1. The molecule has 138 valence electrons. The molecule has 2 fully saturated rings. The van der Waals surface area contributed by atoms with Gasteiger partial charge in [0.05, 0.1) is 23.6 Å². The third kappa shape index (κ3) is 3.87. The van der Waals surface area contributed by atoms with Gasteiger partial charge in [-0.3, -0.25) is 4.79 Å². The standard InChI is InChI=1S/C17H24N2O5S/c1-17(2)12-23-11-9-19(17)25(21,22)14-7-5-13(6-8-14)18-16(20)15-4-3-10-24-15/h5-8,15H,3-4,9-12H2,1-2H3,(H,18,20). The number of amides is 1. The SMILES string of the molecule is CC1(C)COCCN1S(=O)(=O)c1ccc(NC(=O)C2CCCO2)cc1. The van der Waals surface area contributed by atoms with Gasteiger partial charge in [-0.15, -0.1) is 0 Å². The van der Waals surface area contributed by atoms with Crippen LogP contribution >= 0.6 is 0 Å². The Morgan fingerprint density at radius 1 is 1.24 bits per heavy atom. The predicted molar refractivity (Wildman–Crippen MR) is 92.8 cm³/mol. The Morgan fingerprint density at radius 2 is 1.96 bits per heavy atom. The molecule has 0 spiro atoms. The number of hydrogen-bond acceptors (Lipinski definition) is 5. The molecule has 1 aromatic carbocycles. The summed E-state index contributed by atoms with van der Waals surface area (Å²) < 4.78 is 38.0. The molecule has 0 saturated carbocycles. The topological polar surface area (TPSA) is 84.9 Å². The molecule has 1 N–H and O–H groups in total. The molecule has 2 saturated heterocycles. The van der Waals surface area contributed by atoms with Crippen LogP contribution in [0.25, 0.3) is 0 Å².